The Morgan fingerprint density at radius 1 is 1.32 bits per heavy atom. The van der Waals surface area contributed by atoms with Gasteiger partial charge in [0.1, 0.15) is 11.9 Å². The number of nitrogens with zero attached hydrogens (tertiary/aromatic N) is 2. The van der Waals surface area contributed by atoms with Crippen molar-refractivity contribution in [2.24, 2.45) is 11.8 Å². The van der Waals surface area contributed by atoms with Gasteiger partial charge in [0.05, 0.1) is 0 Å². The standard InChI is InChI=1S/C17H29N3O2/c1-12(2)13(3)16-8-17(19-22-16)21-15-10-20(11-15)9-14-4-6-18-7-5-14/h8,12-15,18H,4-7,9-11H2,1-3H3. The van der Waals surface area contributed by atoms with E-state index in [0.717, 1.165) is 24.8 Å². The molecule has 1 aromatic heterocycles. The van der Waals surface area contributed by atoms with Crippen molar-refractivity contribution < 1.29 is 9.26 Å². The van der Waals surface area contributed by atoms with E-state index in [0.29, 0.717) is 17.7 Å². The van der Waals surface area contributed by atoms with Crippen LogP contribution in [0.5, 0.6) is 5.88 Å². The molecule has 1 aromatic rings. The second-order valence-corrected chi connectivity index (χ2v) is 7.25. The van der Waals surface area contributed by atoms with E-state index in [2.05, 4.69) is 36.1 Å². The molecule has 2 aliphatic heterocycles. The summed E-state index contributed by atoms with van der Waals surface area (Å²) in [5, 5.41) is 7.48. The summed E-state index contributed by atoms with van der Waals surface area (Å²) in [5.74, 6) is 3.35. The second-order valence-electron chi connectivity index (χ2n) is 7.25. The second kappa shape index (κ2) is 7.01. The average molecular weight is 307 g/mol. The van der Waals surface area contributed by atoms with Crippen molar-refractivity contribution in [3.05, 3.63) is 11.8 Å². The number of aromatic nitrogens is 1. The van der Waals surface area contributed by atoms with Gasteiger partial charge in [-0.3, -0.25) is 4.90 Å². The molecule has 0 amide bonds. The van der Waals surface area contributed by atoms with Crippen LogP contribution >= 0.6 is 0 Å². The van der Waals surface area contributed by atoms with Crippen LogP contribution in [0, 0.1) is 11.8 Å². The maximum atomic E-state index is 5.92. The third-order valence-electron chi connectivity index (χ3n) is 5.14. The highest BCUT2D eigenvalue weighted by molar-refractivity contribution is 5.15. The third kappa shape index (κ3) is 3.82. The highest BCUT2D eigenvalue weighted by Crippen LogP contribution is 2.27. The summed E-state index contributed by atoms with van der Waals surface area (Å²) in [6.07, 6.45) is 2.89. The van der Waals surface area contributed by atoms with Crippen molar-refractivity contribution >= 4 is 0 Å². The normalized spacial score (nSPS) is 22.7. The van der Waals surface area contributed by atoms with Gasteiger partial charge >= 0.3 is 0 Å². The Morgan fingerprint density at radius 2 is 2.05 bits per heavy atom. The molecule has 0 spiro atoms. The Hall–Kier alpha value is -1.07. The molecular weight excluding hydrogens is 278 g/mol. The van der Waals surface area contributed by atoms with E-state index in [1.165, 1.54) is 32.5 Å². The summed E-state index contributed by atoms with van der Waals surface area (Å²) in [6, 6.07) is 1.96. The van der Waals surface area contributed by atoms with Crippen LogP contribution in [0.1, 0.15) is 45.3 Å². The van der Waals surface area contributed by atoms with E-state index in [4.69, 9.17) is 9.26 Å². The summed E-state index contributed by atoms with van der Waals surface area (Å²) in [4.78, 5) is 2.50. The minimum absolute atomic E-state index is 0.272. The molecule has 0 aromatic carbocycles. The minimum Gasteiger partial charge on any atom is -0.469 e. The van der Waals surface area contributed by atoms with E-state index >= 15 is 0 Å². The molecule has 5 nitrogen and oxygen atoms in total. The molecule has 124 valence electrons. The van der Waals surface area contributed by atoms with Crippen LogP contribution in [-0.2, 0) is 0 Å². The first kappa shape index (κ1) is 15.8. The van der Waals surface area contributed by atoms with E-state index in [1.807, 2.05) is 6.07 Å². The van der Waals surface area contributed by atoms with Gasteiger partial charge in [0.15, 0.2) is 0 Å². The van der Waals surface area contributed by atoms with Crippen molar-refractivity contribution in [2.45, 2.75) is 45.6 Å². The smallest absolute Gasteiger partial charge is 0.254 e. The van der Waals surface area contributed by atoms with Gasteiger partial charge in [-0.15, -0.1) is 0 Å². The maximum Gasteiger partial charge on any atom is 0.254 e. The van der Waals surface area contributed by atoms with Crippen LogP contribution < -0.4 is 10.1 Å². The zero-order valence-electron chi connectivity index (χ0n) is 14.0. The molecular formula is C17H29N3O2. The fourth-order valence-electron chi connectivity index (χ4n) is 3.22. The number of ether oxygens (including phenoxy) is 1. The molecule has 1 N–H and O–H groups in total. The Morgan fingerprint density at radius 3 is 2.73 bits per heavy atom. The van der Waals surface area contributed by atoms with Gasteiger partial charge in [0.25, 0.3) is 5.88 Å². The van der Waals surface area contributed by atoms with Gasteiger partial charge in [0.2, 0.25) is 0 Å². The van der Waals surface area contributed by atoms with Crippen molar-refractivity contribution in [2.75, 3.05) is 32.7 Å². The number of nitrogens with one attached hydrogen (secondary N) is 1. The van der Waals surface area contributed by atoms with E-state index in [1.54, 1.807) is 0 Å². The van der Waals surface area contributed by atoms with Gasteiger partial charge in [-0.2, -0.15) is 0 Å². The fraction of sp³-hybridized carbons (Fsp3) is 0.824. The van der Waals surface area contributed by atoms with Crippen LogP contribution in [-0.4, -0.2) is 48.9 Å². The fourth-order valence-corrected chi connectivity index (χ4v) is 3.22. The number of hydrogen-bond donors (Lipinski definition) is 1. The summed E-state index contributed by atoms with van der Waals surface area (Å²) in [6.45, 7) is 12.2. The van der Waals surface area contributed by atoms with Crippen LogP contribution in [0.3, 0.4) is 0 Å². The van der Waals surface area contributed by atoms with Crippen LogP contribution in [0.25, 0.3) is 0 Å². The molecule has 1 unspecified atom stereocenters. The lowest BCUT2D eigenvalue weighted by molar-refractivity contribution is 0.00321. The topological polar surface area (TPSA) is 50.5 Å². The van der Waals surface area contributed by atoms with E-state index in [-0.39, 0.29) is 6.10 Å². The van der Waals surface area contributed by atoms with Crippen molar-refractivity contribution in [1.29, 1.82) is 0 Å². The largest absolute Gasteiger partial charge is 0.469 e. The Bertz CT molecular complexity index is 462. The lowest BCUT2D eigenvalue weighted by Gasteiger charge is -2.41. The summed E-state index contributed by atoms with van der Waals surface area (Å²) >= 11 is 0. The molecule has 0 aliphatic carbocycles. The van der Waals surface area contributed by atoms with Gasteiger partial charge in [0, 0.05) is 31.6 Å². The molecule has 22 heavy (non-hydrogen) atoms. The van der Waals surface area contributed by atoms with Gasteiger partial charge in [-0.05, 0) is 42.9 Å². The maximum absolute atomic E-state index is 5.92. The summed E-state index contributed by atoms with van der Waals surface area (Å²) in [7, 11) is 0. The molecule has 2 fully saturated rings. The number of hydrogen-bond acceptors (Lipinski definition) is 5. The van der Waals surface area contributed by atoms with Crippen molar-refractivity contribution in [3.63, 3.8) is 0 Å². The molecule has 3 rings (SSSR count). The molecule has 0 bridgehead atoms. The van der Waals surface area contributed by atoms with Crippen LogP contribution in [0.15, 0.2) is 10.6 Å². The molecule has 5 heteroatoms. The molecule has 2 saturated heterocycles. The zero-order chi connectivity index (χ0) is 15.5. The Kier molecular flexibility index (Phi) is 5.03. The first-order chi connectivity index (χ1) is 10.6. The van der Waals surface area contributed by atoms with E-state index in [9.17, 15) is 0 Å². The lowest BCUT2D eigenvalue weighted by Crippen LogP contribution is -2.55. The Labute approximate surface area is 133 Å². The minimum atomic E-state index is 0.272. The predicted octanol–water partition coefficient (Wildman–Crippen LogP) is 2.50. The highest BCUT2D eigenvalue weighted by atomic mass is 16.5. The van der Waals surface area contributed by atoms with Gasteiger partial charge in [-0.25, -0.2) is 0 Å². The molecule has 0 saturated carbocycles. The van der Waals surface area contributed by atoms with E-state index < -0.39 is 0 Å². The predicted molar refractivity (Wildman–Crippen MR) is 86.2 cm³/mol. The molecule has 1 atom stereocenters. The van der Waals surface area contributed by atoms with Gasteiger partial charge in [-0.1, -0.05) is 20.8 Å². The van der Waals surface area contributed by atoms with Crippen molar-refractivity contribution in [1.82, 2.24) is 15.4 Å². The molecule has 2 aliphatic rings. The first-order valence-corrected chi connectivity index (χ1v) is 8.68. The summed E-state index contributed by atoms with van der Waals surface area (Å²) < 4.78 is 11.3. The van der Waals surface area contributed by atoms with Crippen LogP contribution in [0.4, 0.5) is 0 Å². The zero-order valence-corrected chi connectivity index (χ0v) is 14.0. The van der Waals surface area contributed by atoms with Gasteiger partial charge < -0.3 is 14.6 Å². The first-order valence-electron chi connectivity index (χ1n) is 8.68. The molecule has 3 heterocycles. The summed E-state index contributed by atoms with van der Waals surface area (Å²) in [5.41, 5.74) is 0. The number of likely N-dealkylation sites (tertiary alicyclic amines) is 1. The molecule has 0 radical (unpaired) electrons. The number of piperidine rings is 1. The average Bonchev–Trinajstić information content (AvgIpc) is 2.93. The SMILES string of the molecule is CC(C)C(C)c1cc(OC2CN(CC3CCNCC3)C2)no1. The quantitative estimate of drug-likeness (QED) is 0.875. The van der Waals surface area contributed by atoms with Crippen molar-refractivity contribution in [3.8, 4) is 5.88 Å². The lowest BCUT2D eigenvalue weighted by atomic mass is 9.95. The monoisotopic (exact) mass is 307 g/mol. The number of rotatable bonds is 6. The Balaban J connectivity index is 1.40. The third-order valence-corrected chi connectivity index (χ3v) is 5.14. The highest BCUT2D eigenvalue weighted by Gasteiger charge is 2.31. The van der Waals surface area contributed by atoms with Crippen LogP contribution in [0.2, 0.25) is 0 Å².